The van der Waals surface area contributed by atoms with Gasteiger partial charge < -0.3 is 9.84 Å². The minimum Gasteiger partial charge on any atom is -0.477 e. The Morgan fingerprint density at radius 3 is 3.00 bits per heavy atom. The summed E-state index contributed by atoms with van der Waals surface area (Å²) in [5.41, 5.74) is 1.40. The van der Waals surface area contributed by atoms with Crippen molar-refractivity contribution in [3.8, 4) is 0 Å². The van der Waals surface area contributed by atoms with E-state index in [1.807, 2.05) is 0 Å². The Morgan fingerprint density at radius 2 is 2.27 bits per heavy atom. The van der Waals surface area contributed by atoms with Crippen molar-refractivity contribution in [3.05, 3.63) is 34.8 Å². The number of aromatic nitrogens is 2. The number of hydrogen-bond donors (Lipinski definition) is 1. The second kappa shape index (κ2) is 4.30. The number of ether oxygens (including phenoxy) is 1. The van der Waals surface area contributed by atoms with Crippen LogP contribution in [-0.2, 0) is 20.9 Å². The highest BCUT2D eigenvalue weighted by atomic mass is 16.5. The summed E-state index contributed by atoms with van der Waals surface area (Å²) < 4.78 is 6.47. The summed E-state index contributed by atoms with van der Waals surface area (Å²) in [5, 5.41) is 13.3. The predicted octanol–water partition coefficient (Wildman–Crippen LogP) is 0.0199. The van der Waals surface area contributed by atoms with E-state index in [4.69, 9.17) is 9.84 Å². The van der Waals surface area contributed by atoms with Crippen LogP contribution in [0.4, 0.5) is 0 Å². The number of carboxylic acids is 1. The van der Waals surface area contributed by atoms with Crippen LogP contribution in [0.5, 0.6) is 0 Å². The molecule has 1 aromatic rings. The standard InChI is InChI=1S/C14H11N3O5/c18-12-8(9-1-2-10(13(19)20)17(9)12)5-7-6-11-14(21)22-4-3-16(11)15-7/h2,5-6,9H,1,3-4H2,(H,19,20)/b8-5+. The molecule has 1 N–H and O–H groups in total. The molecular formula is C14H11N3O5. The summed E-state index contributed by atoms with van der Waals surface area (Å²) in [6, 6.07) is 1.33. The largest absolute Gasteiger partial charge is 0.477 e. The van der Waals surface area contributed by atoms with Gasteiger partial charge in [0.25, 0.3) is 5.91 Å². The van der Waals surface area contributed by atoms with Gasteiger partial charge in [-0.2, -0.15) is 5.10 Å². The summed E-state index contributed by atoms with van der Waals surface area (Å²) in [7, 11) is 0. The summed E-state index contributed by atoms with van der Waals surface area (Å²) in [6.45, 7) is 0.767. The zero-order valence-corrected chi connectivity index (χ0v) is 11.4. The second-order valence-electron chi connectivity index (χ2n) is 5.23. The minimum atomic E-state index is -1.10. The Morgan fingerprint density at radius 1 is 1.45 bits per heavy atom. The van der Waals surface area contributed by atoms with Gasteiger partial charge in [0.1, 0.15) is 18.0 Å². The lowest BCUT2D eigenvalue weighted by Crippen LogP contribution is -2.52. The molecule has 0 spiro atoms. The third kappa shape index (κ3) is 1.63. The van der Waals surface area contributed by atoms with Gasteiger partial charge in [0.05, 0.1) is 18.3 Å². The van der Waals surface area contributed by atoms with Gasteiger partial charge in [-0.05, 0) is 18.6 Å². The average Bonchev–Trinajstić information content (AvgIpc) is 3.07. The number of nitrogens with zero attached hydrogens (tertiary/aromatic N) is 3. The molecule has 3 aliphatic heterocycles. The molecule has 1 amide bonds. The van der Waals surface area contributed by atoms with Gasteiger partial charge in [-0.15, -0.1) is 0 Å². The third-order valence-corrected chi connectivity index (χ3v) is 4.00. The number of fused-ring (bicyclic) bond motifs is 2. The van der Waals surface area contributed by atoms with Crippen LogP contribution in [0.15, 0.2) is 23.4 Å². The zero-order chi connectivity index (χ0) is 15.4. The highest BCUT2D eigenvalue weighted by molar-refractivity contribution is 6.11. The predicted molar refractivity (Wildman–Crippen MR) is 71.5 cm³/mol. The second-order valence-corrected chi connectivity index (χ2v) is 5.23. The van der Waals surface area contributed by atoms with Crippen LogP contribution in [0, 0.1) is 0 Å². The summed E-state index contributed by atoms with van der Waals surface area (Å²) in [5.74, 6) is -1.86. The van der Waals surface area contributed by atoms with Crippen molar-refractivity contribution in [1.29, 1.82) is 0 Å². The molecule has 0 aromatic carbocycles. The van der Waals surface area contributed by atoms with Gasteiger partial charge >= 0.3 is 11.9 Å². The summed E-state index contributed by atoms with van der Waals surface area (Å²) >= 11 is 0. The van der Waals surface area contributed by atoms with Crippen molar-refractivity contribution in [2.45, 2.75) is 19.0 Å². The van der Waals surface area contributed by atoms with E-state index in [-0.39, 0.29) is 24.3 Å². The molecule has 0 radical (unpaired) electrons. The van der Waals surface area contributed by atoms with Gasteiger partial charge in [0.15, 0.2) is 0 Å². The van der Waals surface area contributed by atoms with Crippen molar-refractivity contribution >= 4 is 23.9 Å². The first-order valence-corrected chi connectivity index (χ1v) is 6.80. The fraction of sp³-hybridized carbons (Fsp3) is 0.286. The van der Waals surface area contributed by atoms with Gasteiger partial charge in [-0.25, -0.2) is 9.59 Å². The molecule has 8 heteroatoms. The SMILES string of the molecule is O=C(O)C1=CCC2/C(=C\c3cc4n(n3)CCOC4=O)C(=O)N12. The summed E-state index contributed by atoms with van der Waals surface area (Å²) in [6.07, 6.45) is 3.64. The van der Waals surface area contributed by atoms with Crippen LogP contribution in [0.3, 0.4) is 0 Å². The van der Waals surface area contributed by atoms with Crippen LogP contribution in [0.2, 0.25) is 0 Å². The highest BCUT2D eigenvalue weighted by Gasteiger charge is 2.48. The number of amides is 1. The molecule has 4 heterocycles. The molecule has 112 valence electrons. The molecule has 4 rings (SSSR count). The molecular weight excluding hydrogens is 290 g/mol. The molecule has 22 heavy (non-hydrogen) atoms. The number of esters is 1. The fourth-order valence-electron chi connectivity index (χ4n) is 2.98. The van der Waals surface area contributed by atoms with Crippen molar-refractivity contribution in [1.82, 2.24) is 14.7 Å². The van der Waals surface area contributed by atoms with E-state index >= 15 is 0 Å². The molecule has 1 atom stereocenters. The lowest BCUT2D eigenvalue weighted by atomic mass is 9.93. The third-order valence-electron chi connectivity index (χ3n) is 4.00. The topological polar surface area (TPSA) is 102 Å². The van der Waals surface area contributed by atoms with Crippen LogP contribution >= 0.6 is 0 Å². The summed E-state index contributed by atoms with van der Waals surface area (Å²) in [4.78, 5) is 36.0. The maximum absolute atomic E-state index is 12.1. The van der Waals surface area contributed by atoms with E-state index in [0.717, 1.165) is 0 Å². The molecule has 1 fully saturated rings. The number of β-lactam (4-membered cyclic amide) rings is 1. The molecule has 1 saturated heterocycles. The van der Waals surface area contributed by atoms with E-state index in [1.165, 1.54) is 4.90 Å². The molecule has 0 aliphatic carbocycles. The molecule has 1 aromatic heterocycles. The number of hydrogen-bond acceptors (Lipinski definition) is 5. The molecule has 0 saturated carbocycles. The van der Waals surface area contributed by atoms with Crippen LogP contribution in [0.1, 0.15) is 22.6 Å². The first kappa shape index (κ1) is 12.8. The van der Waals surface area contributed by atoms with Crippen LogP contribution in [0.25, 0.3) is 6.08 Å². The molecule has 0 bridgehead atoms. The Labute approximate surface area is 124 Å². The van der Waals surface area contributed by atoms with Crippen LogP contribution in [-0.4, -0.2) is 50.3 Å². The molecule has 3 aliphatic rings. The highest BCUT2D eigenvalue weighted by Crippen LogP contribution is 2.38. The van der Waals surface area contributed by atoms with E-state index in [9.17, 15) is 14.4 Å². The lowest BCUT2D eigenvalue weighted by molar-refractivity contribution is -0.142. The van der Waals surface area contributed by atoms with Crippen molar-refractivity contribution in [3.63, 3.8) is 0 Å². The van der Waals surface area contributed by atoms with Gasteiger partial charge in [-0.3, -0.25) is 14.4 Å². The Bertz CT molecular complexity index is 788. The maximum atomic E-state index is 12.1. The van der Waals surface area contributed by atoms with E-state index in [2.05, 4.69) is 5.10 Å². The first-order chi connectivity index (χ1) is 10.6. The normalized spacial score (nSPS) is 24.5. The number of carbonyl (C=O) groups is 3. The quantitative estimate of drug-likeness (QED) is 0.469. The maximum Gasteiger partial charge on any atom is 0.356 e. The van der Waals surface area contributed by atoms with E-state index < -0.39 is 11.9 Å². The number of cyclic esters (lactones) is 1. The van der Waals surface area contributed by atoms with Crippen molar-refractivity contribution in [2.24, 2.45) is 0 Å². The first-order valence-electron chi connectivity index (χ1n) is 6.80. The van der Waals surface area contributed by atoms with E-state index in [1.54, 1.807) is 22.9 Å². The van der Waals surface area contributed by atoms with Crippen molar-refractivity contribution < 1.29 is 24.2 Å². The Hall–Kier alpha value is -2.90. The smallest absolute Gasteiger partial charge is 0.356 e. The number of rotatable bonds is 2. The monoisotopic (exact) mass is 301 g/mol. The number of carboxylic acid groups (broad SMARTS) is 1. The van der Waals surface area contributed by atoms with Crippen molar-refractivity contribution in [2.75, 3.05) is 6.61 Å². The lowest BCUT2D eigenvalue weighted by Gasteiger charge is -2.38. The zero-order valence-electron chi connectivity index (χ0n) is 11.4. The van der Waals surface area contributed by atoms with Crippen LogP contribution < -0.4 is 0 Å². The minimum absolute atomic E-state index is 0.0277. The fourth-order valence-corrected chi connectivity index (χ4v) is 2.98. The molecule has 8 nitrogen and oxygen atoms in total. The number of aliphatic carboxylic acids is 1. The van der Waals surface area contributed by atoms with Gasteiger partial charge in [-0.1, -0.05) is 6.08 Å². The molecule has 1 unspecified atom stereocenters. The van der Waals surface area contributed by atoms with Gasteiger partial charge in [0.2, 0.25) is 0 Å². The average molecular weight is 301 g/mol. The van der Waals surface area contributed by atoms with Gasteiger partial charge in [0, 0.05) is 5.57 Å². The Kier molecular flexibility index (Phi) is 2.50. The Balaban J connectivity index is 1.62. The van der Waals surface area contributed by atoms with E-state index in [0.29, 0.717) is 29.9 Å². The number of carbonyl (C=O) groups excluding carboxylic acids is 2.